The number of rotatable bonds is 2. The van der Waals surface area contributed by atoms with Crippen LogP contribution in [-0.2, 0) is 13.6 Å². The Morgan fingerprint density at radius 2 is 2.29 bits per heavy atom. The van der Waals surface area contributed by atoms with E-state index in [0.717, 1.165) is 23.0 Å². The minimum absolute atomic E-state index is 0.441. The number of hydrogen-bond donors (Lipinski definition) is 1. The molecule has 2 heterocycles. The van der Waals surface area contributed by atoms with E-state index >= 15 is 0 Å². The van der Waals surface area contributed by atoms with E-state index in [4.69, 9.17) is 10.2 Å². The van der Waals surface area contributed by atoms with Gasteiger partial charge in [-0.3, -0.25) is 0 Å². The van der Waals surface area contributed by atoms with Gasteiger partial charge >= 0.3 is 0 Å². The predicted octanol–water partition coefficient (Wildman–Crippen LogP) is 1.45. The molecule has 0 saturated heterocycles. The first-order valence-electron chi connectivity index (χ1n) is 4.50. The quantitative estimate of drug-likeness (QED) is 0.781. The van der Waals surface area contributed by atoms with Gasteiger partial charge in [0.25, 0.3) is 0 Å². The molecule has 2 aromatic rings. The van der Waals surface area contributed by atoms with Gasteiger partial charge in [0.2, 0.25) is 0 Å². The molecule has 0 saturated carbocycles. The van der Waals surface area contributed by atoms with Gasteiger partial charge in [-0.2, -0.15) is 0 Å². The summed E-state index contributed by atoms with van der Waals surface area (Å²) in [5.74, 6) is 2.53. The van der Waals surface area contributed by atoms with Gasteiger partial charge < -0.3 is 14.7 Å². The molecule has 0 atom stereocenters. The van der Waals surface area contributed by atoms with Gasteiger partial charge in [-0.15, -0.1) is 0 Å². The van der Waals surface area contributed by atoms with Crippen LogP contribution in [0.5, 0.6) is 0 Å². The average molecular weight is 191 g/mol. The van der Waals surface area contributed by atoms with Crippen LogP contribution in [0.4, 0.5) is 0 Å². The van der Waals surface area contributed by atoms with Gasteiger partial charge in [0, 0.05) is 13.2 Å². The molecule has 0 aliphatic carbocycles. The average Bonchev–Trinajstić information content (AvgIpc) is 2.71. The lowest BCUT2D eigenvalue weighted by molar-refractivity contribution is 0.546. The molecule has 4 heteroatoms. The minimum Gasteiger partial charge on any atom is -0.460 e. The number of nitrogens with zero attached hydrogens (tertiary/aromatic N) is 2. The molecule has 0 fully saturated rings. The highest BCUT2D eigenvalue weighted by atomic mass is 16.3. The summed E-state index contributed by atoms with van der Waals surface area (Å²) in [7, 11) is 1.93. The number of nitrogens with two attached hydrogens (primary N) is 1. The zero-order valence-electron chi connectivity index (χ0n) is 8.32. The van der Waals surface area contributed by atoms with Gasteiger partial charge in [0.15, 0.2) is 5.76 Å². The molecular weight excluding hydrogens is 178 g/mol. The number of aryl methyl sites for hydroxylation is 2. The summed E-state index contributed by atoms with van der Waals surface area (Å²) < 4.78 is 7.38. The predicted molar refractivity (Wildman–Crippen MR) is 53.5 cm³/mol. The number of hydrogen-bond acceptors (Lipinski definition) is 3. The second kappa shape index (κ2) is 3.31. The normalized spacial score (nSPS) is 10.8. The van der Waals surface area contributed by atoms with Crippen molar-refractivity contribution in [3.8, 4) is 11.5 Å². The van der Waals surface area contributed by atoms with Crippen molar-refractivity contribution in [2.75, 3.05) is 0 Å². The summed E-state index contributed by atoms with van der Waals surface area (Å²) in [6, 6.07) is 3.84. The molecule has 2 N–H and O–H groups in total. The van der Waals surface area contributed by atoms with Gasteiger partial charge in [-0.1, -0.05) is 0 Å². The van der Waals surface area contributed by atoms with E-state index in [1.807, 2.05) is 36.9 Å². The number of imidazole rings is 1. The maximum absolute atomic E-state index is 5.53. The fourth-order valence-electron chi connectivity index (χ4n) is 1.39. The SMILES string of the molecule is Cc1ccc(-c2cn(C)c(CN)n2)o1. The number of furan rings is 1. The van der Waals surface area contributed by atoms with E-state index in [2.05, 4.69) is 4.98 Å². The molecule has 0 radical (unpaired) electrons. The van der Waals surface area contributed by atoms with E-state index < -0.39 is 0 Å². The first kappa shape index (κ1) is 9.02. The molecule has 0 aliphatic heterocycles. The largest absolute Gasteiger partial charge is 0.460 e. The van der Waals surface area contributed by atoms with Crippen LogP contribution >= 0.6 is 0 Å². The van der Waals surface area contributed by atoms with Gasteiger partial charge in [-0.25, -0.2) is 4.98 Å². The second-order valence-corrected chi connectivity index (χ2v) is 3.27. The molecular formula is C10H13N3O. The van der Waals surface area contributed by atoms with E-state index in [1.54, 1.807) is 0 Å². The molecule has 0 aliphatic rings. The zero-order chi connectivity index (χ0) is 10.1. The van der Waals surface area contributed by atoms with Gasteiger partial charge in [0.05, 0.1) is 6.54 Å². The Morgan fingerprint density at radius 1 is 1.50 bits per heavy atom. The molecule has 14 heavy (non-hydrogen) atoms. The number of aromatic nitrogens is 2. The molecule has 4 nitrogen and oxygen atoms in total. The third-order valence-electron chi connectivity index (χ3n) is 2.15. The molecule has 0 bridgehead atoms. The molecule has 0 aromatic carbocycles. The van der Waals surface area contributed by atoms with Crippen molar-refractivity contribution >= 4 is 0 Å². The topological polar surface area (TPSA) is 57.0 Å². The van der Waals surface area contributed by atoms with Crippen molar-refractivity contribution < 1.29 is 4.42 Å². The fraction of sp³-hybridized carbons (Fsp3) is 0.300. The highest BCUT2D eigenvalue weighted by Gasteiger charge is 2.08. The fourth-order valence-corrected chi connectivity index (χ4v) is 1.39. The van der Waals surface area contributed by atoms with E-state index in [-0.39, 0.29) is 0 Å². The highest BCUT2D eigenvalue weighted by Crippen LogP contribution is 2.20. The Kier molecular flexibility index (Phi) is 2.13. The van der Waals surface area contributed by atoms with Crippen LogP contribution in [-0.4, -0.2) is 9.55 Å². The smallest absolute Gasteiger partial charge is 0.154 e. The summed E-state index contributed by atoms with van der Waals surface area (Å²) in [5.41, 5.74) is 6.37. The van der Waals surface area contributed by atoms with Crippen molar-refractivity contribution in [2.45, 2.75) is 13.5 Å². The first-order chi connectivity index (χ1) is 6.70. The summed E-state index contributed by atoms with van der Waals surface area (Å²) in [4.78, 5) is 4.36. The lowest BCUT2D eigenvalue weighted by Gasteiger charge is -1.92. The standard InChI is InChI=1S/C10H13N3O/c1-7-3-4-9(14-7)8-6-13(2)10(5-11)12-8/h3-4,6H,5,11H2,1-2H3. The van der Waals surface area contributed by atoms with Crippen LogP contribution < -0.4 is 5.73 Å². The monoisotopic (exact) mass is 191 g/mol. The van der Waals surface area contributed by atoms with Crippen LogP contribution in [0.1, 0.15) is 11.6 Å². The summed E-state index contributed by atoms with van der Waals surface area (Å²) in [6.07, 6.45) is 1.92. The minimum atomic E-state index is 0.441. The summed E-state index contributed by atoms with van der Waals surface area (Å²) >= 11 is 0. The maximum Gasteiger partial charge on any atom is 0.154 e. The third kappa shape index (κ3) is 1.44. The van der Waals surface area contributed by atoms with Crippen molar-refractivity contribution in [3.63, 3.8) is 0 Å². The Balaban J connectivity index is 2.42. The van der Waals surface area contributed by atoms with Crippen molar-refractivity contribution in [1.82, 2.24) is 9.55 Å². The lowest BCUT2D eigenvalue weighted by atomic mass is 10.3. The molecule has 0 unspecified atom stereocenters. The van der Waals surface area contributed by atoms with Crippen molar-refractivity contribution in [2.24, 2.45) is 12.8 Å². The molecule has 0 amide bonds. The molecule has 0 spiro atoms. The van der Waals surface area contributed by atoms with Crippen molar-refractivity contribution in [1.29, 1.82) is 0 Å². The third-order valence-corrected chi connectivity index (χ3v) is 2.15. The van der Waals surface area contributed by atoms with Crippen LogP contribution in [0.3, 0.4) is 0 Å². The lowest BCUT2D eigenvalue weighted by Crippen LogP contribution is -2.03. The van der Waals surface area contributed by atoms with Crippen LogP contribution in [0, 0.1) is 6.92 Å². The Labute approximate surface area is 82.4 Å². The zero-order valence-corrected chi connectivity index (χ0v) is 8.32. The van der Waals surface area contributed by atoms with Gasteiger partial charge in [-0.05, 0) is 19.1 Å². The van der Waals surface area contributed by atoms with Crippen LogP contribution in [0.2, 0.25) is 0 Å². The maximum atomic E-state index is 5.53. The molecule has 74 valence electrons. The van der Waals surface area contributed by atoms with Crippen LogP contribution in [0.25, 0.3) is 11.5 Å². The van der Waals surface area contributed by atoms with E-state index in [1.165, 1.54) is 0 Å². The Morgan fingerprint density at radius 3 is 2.79 bits per heavy atom. The first-order valence-corrected chi connectivity index (χ1v) is 4.50. The van der Waals surface area contributed by atoms with Crippen LogP contribution in [0.15, 0.2) is 22.7 Å². The highest BCUT2D eigenvalue weighted by molar-refractivity contribution is 5.51. The van der Waals surface area contributed by atoms with E-state index in [9.17, 15) is 0 Å². The Bertz CT molecular complexity index is 442. The summed E-state index contributed by atoms with van der Waals surface area (Å²) in [5, 5.41) is 0. The molecule has 2 aromatic heterocycles. The second-order valence-electron chi connectivity index (χ2n) is 3.27. The molecule has 2 rings (SSSR count). The van der Waals surface area contributed by atoms with Gasteiger partial charge in [0.1, 0.15) is 17.3 Å². The summed E-state index contributed by atoms with van der Waals surface area (Å²) in [6.45, 7) is 2.35. The van der Waals surface area contributed by atoms with Crippen molar-refractivity contribution in [3.05, 3.63) is 29.9 Å². The van der Waals surface area contributed by atoms with E-state index in [0.29, 0.717) is 6.54 Å². The Hall–Kier alpha value is -1.55.